The second kappa shape index (κ2) is 5.98. The summed E-state index contributed by atoms with van der Waals surface area (Å²) < 4.78 is 0. The number of urea groups is 1. The third-order valence-corrected chi connectivity index (χ3v) is 2.60. The zero-order valence-electron chi connectivity index (χ0n) is 10.0. The Bertz CT molecular complexity index is 648. The van der Waals surface area contributed by atoms with Crippen LogP contribution >= 0.6 is 11.6 Å². The molecule has 1 aromatic carbocycles. The molecule has 0 aliphatic carbocycles. The average Bonchev–Trinajstić information content (AvgIpc) is 2.42. The van der Waals surface area contributed by atoms with Gasteiger partial charge in [0.2, 0.25) is 0 Å². The van der Waals surface area contributed by atoms with Gasteiger partial charge in [0.05, 0.1) is 34.4 Å². The lowest BCUT2D eigenvalue weighted by Gasteiger charge is -2.09. The second-order valence-corrected chi connectivity index (χ2v) is 4.11. The summed E-state index contributed by atoms with van der Waals surface area (Å²) in [6.45, 7) is 0. The van der Waals surface area contributed by atoms with Gasteiger partial charge < -0.3 is 15.7 Å². The van der Waals surface area contributed by atoms with Crippen LogP contribution < -0.4 is 10.6 Å². The lowest BCUT2D eigenvalue weighted by molar-refractivity contribution is 0.0697. The third-order valence-electron chi connectivity index (χ3n) is 2.28. The molecule has 1 heterocycles. The molecule has 0 aliphatic rings. The summed E-state index contributed by atoms with van der Waals surface area (Å²) in [5, 5.41) is 13.9. The van der Waals surface area contributed by atoms with E-state index in [0.29, 0.717) is 11.4 Å². The number of nitrogens with one attached hydrogen (secondary N) is 2. The average molecular weight is 293 g/mol. The van der Waals surface area contributed by atoms with Crippen molar-refractivity contribution in [1.29, 1.82) is 0 Å². The Balaban J connectivity index is 2.06. The fraction of sp³-hybridized carbons (Fsp3) is 0. The van der Waals surface area contributed by atoms with Crippen molar-refractivity contribution in [2.24, 2.45) is 0 Å². The van der Waals surface area contributed by atoms with Crippen LogP contribution in [-0.2, 0) is 0 Å². The minimum absolute atomic E-state index is 0.0393. The number of aromatic carboxylic acids is 1. The lowest BCUT2D eigenvalue weighted by atomic mass is 10.2. The molecule has 2 amide bonds. The number of hydrogen-bond acceptors (Lipinski definition) is 4. The minimum Gasteiger partial charge on any atom is -0.478 e. The van der Waals surface area contributed by atoms with Gasteiger partial charge in [-0.1, -0.05) is 11.6 Å². The number of anilines is 2. The highest BCUT2D eigenvalue weighted by atomic mass is 35.5. The summed E-state index contributed by atoms with van der Waals surface area (Å²) in [6.07, 6.45) is 4.20. The number of carboxylic acids is 1. The number of carbonyl (C=O) groups excluding carboxylic acids is 1. The Morgan fingerprint density at radius 1 is 1.15 bits per heavy atom. The molecule has 102 valence electrons. The predicted molar refractivity (Wildman–Crippen MR) is 73.1 cm³/mol. The van der Waals surface area contributed by atoms with E-state index in [4.69, 9.17) is 16.7 Å². The van der Waals surface area contributed by atoms with E-state index < -0.39 is 12.0 Å². The Morgan fingerprint density at radius 2 is 1.85 bits per heavy atom. The highest BCUT2D eigenvalue weighted by molar-refractivity contribution is 6.34. The summed E-state index contributed by atoms with van der Waals surface area (Å²) in [7, 11) is 0. The van der Waals surface area contributed by atoms with Gasteiger partial charge in [0.1, 0.15) is 6.33 Å². The van der Waals surface area contributed by atoms with E-state index in [9.17, 15) is 9.59 Å². The quantitative estimate of drug-likeness (QED) is 0.806. The highest BCUT2D eigenvalue weighted by Gasteiger charge is 2.09. The summed E-state index contributed by atoms with van der Waals surface area (Å²) in [4.78, 5) is 30.0. The van der Waals surface area contributed by atoms with Gasteiger partial charge in [-0.15, -0.1) is 0 Å². The van der Waals surface area contributed by atoms with Crippen LogP contribution in [-0.4, -0.2) is 27.1 Å². The van der Waals surface area contributed by atoms with Gasteiger partial charge in [-0.25, -0.2) is 19.6 Å². The van der Waals surface area contributed by atoms with E-state index in [0.717, 1.165) is 0 Å². The largest absolute Gasteiger partial charge is 0.478 e. The maximum absolute atomic E-state index is 11.7. The van der Waals surface area contributed by atoms with Crippen LogP contribution in [0.3, 0.4) is 0 Å². The molecule has 0 saturated carbocycles. The van der Waals surface area contributed by atoms with Gasteiger partial charge in [0, 0.05) is 0 Å². The van der Waals surface area contributed by atoms with Crippen molar-refractivity contribution in [2.75, 3.05) is 10.6 Å². The molecule has 1 aromatic heterocycles. The van der Waals surface area contributed by atoms with Gasteiger partial charge >= 0.3 is 12.0 Å². The van der Waals surface area contributed by atoms with E-state index in [1.54, 1.807) is 0 Å². The number of benzene rings is 1. The van der Waals surface area contributed by atoms with Crippen LogP contribution in [0.1, 0.15) is 10.4 Å². The minimum atomic E-state index is -1.09. The zero-order chi connectivity index (χ0) is 14.5. The second-order valence-electron chi connectivity index (χ2n) is 3.71. The summed E-state index contributed by atoms with van der Waals surface area (Å²) in [6, 6.07) is 3.47. The number of carboxylic acid groups (broad SMARTS) is 1. The van der Waals surface area contributed by atoms with Crippen molar-refractivity contribution >= 4 is 35.0 Å². The Hall–Kier alpha value is -2.67. The number of halogens is 1. The van der Waals surface area contributed by atoms with Gasteiger partial charge in [-0.05, 0) is 18.2 Å². The van der Waals surface area contributed by atoms with Gasteiger partial charge in [0.15, 0.2) is 0 Å². The van der Waals surface area contributed by atoms with Crippen LogP contribution in [0.25, 0.3) is 0 Å². The summed E-state index contributed by atoms with van der Waals surface area (Å²) >= 11 is 5.89. The topological polar surface area (TPSA) is 104 Å². The molecule has 0 spiro atoms. The standard InChI is InChI=1S/C12H9ClN4O3/c13-9-3-7(11(18)19)1-2-10(9)17-12(20)16-8-4-14-6-15-5-8/h1-6H,(H,18,19)(H2,16,17,20). The van der Waals surface area contributed by atoms with E-state index in [-0.39, 0.29) is 10.6 Å². The fourth-order valence-corrected chi connectivity index (χ4v) is 1.63. The van der Waals surface area contributed by atoms with Crippen LogP contribution in [0.5, 0.6) is 0 Å². The molecule has 3 N–H and O–H groups in total. The smallest absolute Gasteiger partial charge is 0.335 e. The molecule has 0 radical (unpaired) electrons. The van der Waals surface area contributed by atoms with E-state index >= 15 is 0 Å². The number of nitrogens with zero attached hydrogens (tertiary/aromatic N) is 2. The maximum Gasteiger partial charge on any atom is 0.335 e. The monoisotopic (exact) mass is 292 g/mol. The first-order valence-corrected chi connectivity index (χ1v) is 5.80. The molecular formula is C12H9ClN4O3. The molecule has 2 rings (SSSR count). The number of amides is 2. The molecule has 0 aliphatic heterocycles. The molecule has 0 bridgehead atoms. The molecule has 2 aromatic rings. The number of hydrogen-bond donors (Lipinski definition) is 3. The first-order chi connectivity index (χ1) is 9.56. The molecule has 0 atom stereocenters. The first kappa shape index (κ1) is 13.8. The Labute approximate surface area is 118 Å². The number of rotatable bonds is 3. The molecule has 0 saturated heterocycles. The van der Waals surface area contributed by atoms with Crippen molar-refractivity contribution in [3.63, 3.8) is 0 Å². The van der Waals surface area contributed by atoms with Crippen LogP contribution in [0.2, 0.25) is 5.02 Å². The normalized spacial score (nSPS) is 9.85. The number of carbonyl (C=O) groups is 2. The lowest BCUT2D eigenvalue weighted by Crippen LogP contribution is -2.19. The third kappa shape index (κ3) is 3.42. The van der Waals surface area contributed by atoms with Crippen LogP contribution in [0.15, 0.2) is 36.9 Å². The zero-order valence-corrected chi connectivity index (χ0v) is 10.8. The van der Waals surface area contributed by atoms with Crippen molar-refractivity contribution in [2.45, 2.75) is 0 Å². The summed E-state index contributed by atoms with van der Waals surface area (Å²) in [5.74, 6) is -1.09. The predicted octanol–water partition coefficient (Wildman–Crippen LogP) is 2.47. The maximum atomic E-state index is 11.7. The SMILES string of the molecule is O=C(Nc1cncnc1)Nc1ccc(C(=O)O)cc1Cl. The van der Waals surface area contributed by atoms with E-state index in [2.05, 4.69) is 20.6 Å². The van der Waals surface area contributed by atoms with Crippen LogP contribution in [0, 0.1) is 0 Å². The van der Waals surface area contributed by atoms with Gasteiger partial charge in [-0.2, -0.15) is 0 Å². The highest BCUT2D eigenvalue weighted by Crippen LogP contribution is 2.23. The first-order valence-electron chi connectivity index (χ1n) is 5.42. The number of aromatic nitrogens is 2. The Morgan fingerprint density at radius 3 is 2.45 bits per heavy atom. The molecule has 0 fully saturated rings. The molecule has 0 unspecified atom stereocenters. The van der Waals surface area contributed by atoms with Crippen molar-refractivity contribution in [1.82, 2.24) is 9.97 Å². The molecule has 20 heavy (non-hydrogen) atoms. The molecule has 8 heteroatoms. The van der Waals surface area contributed by atoms with Crippen molar-refractivity contribution < 1.29 is 14.7 Å². The van der Waals surface area contributed by atoms with Gasteiger partial charge in [-0.3, -0.25) is 0 Å². The van der Waals surface area contributed by atoms with Gasteiger partial charge in [0.25, 0.3) is 0 Å². The fourth-order valence-electron chi connectivity index (χ4n) is 1.40. The summed E-state index contributed by atoms with van der Waals surface area (Å²) in [5.41, 5.74) is 0.756. The Kier molecular flexibility index (Phi) is 4.11. The van der Waals surface area contributed by atoms with E-state index in [1.165, 1.54) is 36.9 Å². The van der Waals surface area contributed by atoms with Crippen LogP contribution in [0.4, 0.5) is 16.2 Å². The molecular weight excluding hydrogens is 284 g/mol. The van der Waals surface area contributed by atoms with Crippen molar-refractivity contribution in [3.8, 4) is 0 Å². The molecule has 7 nitrogen and oxygen atoms in total. The van der Waals surface area contributed by atoms with Crippen molar-refractivity contribution in [3.05, 3.63) is 47.5 Å². The van der Waals surface area contributed by atoms with E-state index in [1.807, 2.05) is 0 Å².